The fraction of sp³-hybridized carbons (Fsp3) is 0.278. The van der Waals surface area contributed by atoms with Crippen LogP contribution in [0.3, 0.4) is 0 Å². The largest absolute Gasteiger partial charge is 0.411 e. The highest BCUT2D eigenvalue weighted by Crippen LogP contribution is 2.28. The molecule has 0 saturated carbocycles. The predicted molar refractivity (Wildman–Crippen MR) is 92.0 cm³/mol. The lowest BCUT2D eigenvalue weighted by atomic mass is 10.1. The minimum atomic E-state index is -4.36. The molecule has 0 heterocycles. The van der Waals surface area contributed by atoms with Crippen molar-refractivity contribution in [2.45, 2.75) is 26.3 Å². The first-order valence-corrected chi connectivity index (χ1v) is 7.85. The van der Waals surface area contributed by atoms with E-state index in [1.54, 1.807) is 31.2 Å². The number of nitro benzene ring substituents is 1. The molecular formula is C18H16F3N3O3. The van der Waals surface area contributed by atoms with Crippen molar-refractivity contribution in [3.05, 3.63) is 68.8 Å². The number of halogens is 3. The molecule has 2 aromatic carbocycles. The number of anilines is 1. The second-order valence-corrected chi connectivity index (χ2v) is 5.81. The van der Waals surface area contributed by atoms with Gasteiger partial charge in [0.15, 0.2) is 0 Å². The Balaban J connectivity index is 2.02. The molecule has 9 heteroatoms. The first-order valence-electron chi connectivity index (χ1n) is 7.85. The van der Waals surface area contributed by atoms with Gasteiger partial charge in [0.05, 0.1) is 23.2 Å². The second kappa shape index (κ2) is 8.51. The molecule has 0 aliphatic carbocycles. The van der Waals surface area contributed by atoms with Crippen molar-refractivity contribution < 1.29 is 22.8 Å². The molecule has 2 rings (SSSR count). The van der Waals surface area contributed by atoms with Crippen LogP contribution >= 0.6 is 0 Å². The van der Waals surface area contributed by atoms with Crippen molar-refractivity contribution in [2.24, 2.45) is 0 Å². The van der Waals surface area contributed by atoms with E-state index in [-0.39, 0.29) is 17.9 Å². The van der Waals surface area contributed by atoms with Gasteiger partial charge in [-0.05, 0) is 24.1 Å². The van der Waals surface area contributed by atoms with Crippen LogP contribution in [0.4, 0.5) is 24.5 Å². The van der Waals surface area contributed by atoms with Crippen molar-refractivity contribution >= 4 is 11.4 Å². The molecule has 0 bridgehead atoms. The molecule has 1 N–H and O–H groups in total. The average Bonchev–Trinajstić information content (AvgIpc) is 2.60. The summed E-state index contributed by atoms with van der Waals surface area (Å²) in [4.78, 5) is 10.5. The molecule has 0 radical (unpaired) electrons. The molecule has 142 valence electrons. The minimum absolute atomic E-state index is 0.145. The van der Waals surface area contributed by atoms with Gasteiger partial charge in [-0.15, -0.1) is 0 Å². The first-order chi connectivity index (χ1) is 12.7. The maximum absolute atomic E-state index is 12.1. The Morgan fingerprint density at radius 1 is 1.22 bits per heavy atom. The van der Waals surface area contributed by atoms with Crippen LogP contribution in [0.15, 0.2) is 36.4 Å². The van der Waals surface area contributed by atoms with E-state index in [9.17, 15) is 23.3 Å². The van der Waals surface area contributed by atoms with Gasteiger partial charge in [-0.2, -0.15) is 18.4 Å². The SMILES string of the molecule is Cc1c(NCc2ccc(COCC(F)(F)F)cc2)cc(C#N)cc1[N+](=O)[O-]. The molecule has 0 aromatic heterocycles. The molecule has 0 fully saturated rings. The highest BCUT2D eigenvalue weighted by molar-refractivity contribution is 5.64. The first kappa shape index (κ1) is 20.2. The molecule has 0 amide bonds. The van der Waals surface area contributed by atoms with Gasteiger partial charge in [0.25, 0.3) is 5.69 Å². The fourth-order valence-corrected chi connectivity index (χ4v) is 2.37. The van der Waals surface area contributed by atoms with Gasteiger partial charge in [0.2, 0.25) is 0 Å². The summed E-state index contributed by atoms with van der Waals surface area (Å²) in [5, 5.41) is 23.1. The Morgan fingerprint density at radius 3 is 2.41 bits per heavy atom. The van der Waals surface area contributed by atoms with Crippen molar-refractivity contribution in [1.29, 1.82) is 5.26 Å². The van der Waals surface area contributed by atoms with E-state index in [2.05, 4.69) is 10.1 Å². The van der Waals surface area contributed by atoms with Crippen LogP contribution < -0.4 is 5.32 Å². The fourth-order valence-electron chi connectivity index (χ4n) is 2.37. The molecule has 0 spiro atoms. The number of rotatable bonds is 7. The normalized spacial score (nSPS) is 11.1. The zero-order valence-corrected chi connectivity index (χ0v) is 14.3. The minimum Gasteiger partial charge on any atom is -0.381 e. The van der Waals surface area contributed by atoms with Gasteiger partial charge in [-0.1, -0.05) is 24.3 Å². The summed E-state index contributed by atoms with van der Waals surface area (Å²) in [5.74, 6) is 0. The molecule has 2 aromatic rings. The summed E-state index contributed by atoms with van der Waals surface area (Å²) in [7, 11) is 0. The summed E-state index contributed by atoms with van der Waals surface area (Å²) >= 11 is 0. The average molecular weight is 379 g/mol. The Kier molecular flexibility index (Phi) is 6.36. The summed E-state index contributed by atoms with van der Waals surface area (Å²) in [6, 6.07) is 11.4. The van der Waals surface area contributed by atoms with Crippen LogP contribution in [-0.4, -0.2) is 17.7 Å². The predicted octanol–water partition coefficient (Wildman–Crippen LogP) is 4.47. The Hall–Kier alpha value is -3.12. The van der Waals surface area contributed by atoms with Crippen LogP contribution in [-0.2, 0) is 17.9 Å². The number of hydrogen-bond acceptors (Lipinski definition) is 5. The summed E-state index contributed by atoms with van der Waals surface area (Å²) < 4.78 is 40.8. The number of nitro groups is 1. The van der Waals surface area contributed by atoms with E-state index in [4.69, 9.17) is 5.26 Å². The molecule has 27 heavy (non-hydrogen) atoms. The molecule has 0 atom stereocenters. The summed E-state index contributed by atoms with van der Waals surface area (Å²) in [6.45, 7) is 0.464. The van der Waals surface area contributed by atoms with Gasteiger partial charge in [0, 0.05) is 23.9 Å². The quantitative estimate of drug-likeness (QED) is 0.567. The maximum atomic E-state index is 12.1. The summed E-state index contributed by atoms with van der Waals surface area (Å²) in [6.07, 6.45) is -4.36. The van der Waals surface area contributed by atoms with Crippen molar-refractivity contribution in [2.75, 3.05) is 11.9 Å². The number of alkyl halides is 3. The van der Waals surface area contributed by atoms with Gasteiger partial charge >= 0.3 is 6.18 Å². The monoisotopic (exact) mass is 379 g/mol. The Bertz CT molecular complexity index is 859. The van der Waals surface area contributed by atoms with E-state index in [0.717, 1.165) is 5.56 Å². The van der Waals surface area contributed by atoms with Gasteiger partial charge in [0.1, 0.15) is 6.61 Å². The zero-order chi connectivity index (χ0) is 20.0. The van der Waals surface area contributed by atoms with E-state index < -0.39 is 17.7 Å². The highest BCUT2D eigenvalue weighted by atomic mass is 19.4. The van der Waals surface area contributed by atoms with Crippen molar-refractivity contribution in [1.82, 2.24) is 0 Å². The highest BCUT2D eigenvalue weighted by Gasteiger charge is 2.27. The second-order valence-electron chi connectivity index (χ2n) is 5.81. The Morgan fingerprint density at radius 2 is 1.85 bits per heavy atom. The van der Waals surface area contributed by atoms with Crippen LogP contribution in [0.5, 0.6) is 0 Å². The number of nitrogens with zero attached hydrogens (tertiary/aromatic N) is 2. The van der Waals surface area contributed by atoms with Gasteiger partial charge < -0.3 is 10.1 Å². The number of benzene rings is 2. The Labute approximate surface area is 153 Å². The maximum Gasteiger partial charge on any atom is 0.411 e. The third-order valence-electron chi connectivity index (χ3n) is 3.75. The molecule has 6 nitrogen and oxygen atoms in total. The summed E-state index contributed by atoms with van der Waals surface area (Å²) in [5.41, 5.74) is 2.33. The van der Waals surface area contributed by atoms with Crippen LogP contribution in [0, 0.1) is 28.4 Å². The van der Waals surface area contributed by atoms with E-state index in [1.165, 1.54) is 12.1 Å². The van der Waals surface area contributed by atoms with Crippen LogP contribution in [0.1, 0.15) is 22.3 Å². The van der Waals surface area contributed by atoms with E-state index in [1.807, 2.05) is 6.07 Å². The lowest BCUT2D eigenvalue weighted by Gasteiger charge is -2.11. The molecule has 0 saturated heterocycles. The number of ether oxygens (including phenoxy) is 1. The third-order valence-corrected chi connectivity index (χ3v) is 3.75. The standard InChI is InChI=1S/C18H16F3N3O3/c1-12-16(6-15(8-22)7-17(12)24(25)26)23-9-13-2-4-14(5-3-13)10-27-11-18(19,20)21/h2-7,23H,9-11H2,1H3. The third kappa shape index (κ3) is 5.97. The van der Waals surface area contributed by atoms with Gasteiger partial charge in [-0.3, -0.25) is 10.1 Å². The lowest BCUT2D eigenvalue weighted by Crippen LogP contribution is -2.16. The lowest BCUT2D eigenvalue weighted by molar-refractivity contribution is -0.385. The molecule has 0 aliphatic rings. The van der Waals surface area contributed by atoms with Gasteiger partial charge in [-0.25, -0.2) is 0 Å². The van der Waals surface area contributed by atoms with Crippen LogP contribution in [0.2, 0.25) is 0 Å². The molecule has 0 aliphatic heterocycles. The zero-order valence-electron chi connectivity index (χ0n) is 14.3. The smallest absolute Gasteiger partial charge is 0.381 e. The molecular weight excluding hydrogens is 363 g/mol. The van der Waals surface area contributed by atoms with Crippen LogP contribution in [0.25, 0.3) is 0 Å². The van der Waals surface area contributed by atoms with E-state index in [0.29, 0.717) is 23.4 Å². The van der Waals surface area contributed by atoms with Crippen molar-refractivity contribution in [3.8, 4) is 6.07 Å². The number of nitrogens with one attached hydrogen (secondary N) is 1. The number of nitriles is 1. The number of hydrogen-bond donors (Lipinski definition) is 1. The molecule has 0 unspecified atom stereocenters. The van der Waals surface area contributed by atoms with Crippen molar-refractivity contribution in [3.63, 3.8) is 0 Å². The van der Waals surface area contributed by atoms with E-state index >= 15 is 0 Å². The topological polar surface area (TPSA) is 88.2 Å².